The first-order valence-corrected chi connectivity index (χ1v) is 10.1. The van der Waals surface area contributed by atoms with E-state index in [2.05, 4.69) is 10.4 Å². The summed E-state index contributed by atoms with van der Waals surface area (Å²) in [6.07, 6.45) is 4.05. The molecule has 1 saturated carbocycles. The summed E-state index contributed by atoms with van der Waals surface area (Å²) < 4.78 is 1.84. The van der Waals surface area contributed by atoms with Gasteiger partial charge >= 0.3 is 5.69 Å². The molecule has 30 heavy (non-hydrogen) atoms. The number of hydrogen-bond donors (Lipinski definition) is 3. The Labute approximate surface area is 177 Å². The number of halogens is 1. The van der Waals surface area contributed by atoms with Gasteiger partial charge in [-0.25, -0.2) is 4.79 Å². The van der Waals surface area contributed by atoms with Gasteiger partial charge < -0.3 is 15.5 Å². The summed E-state index contributed by atoms with van der Waals surface area (Å²) in [5, 5.41) is 27.1. The molecule has 1 aromatic heterocycles. The lowest BCUT2D eigenvalue weighted by molar-refractivity contribution is 0.0449. The van der Waals surface area contributed by atoms with Gasteiger partial charge in [0.25, 0.3) is 11.5 Å². The van der Waals surface area contributed by atoms with E-state index in [1.165, 1.54) is 32.0 Å². The minimum absolute atomic E-state index is 0.112. The van der Waals surface area contributed by atoms with E-state index in [-0.39, 0.29) is 29.4 Å². The number of aliphatic hydroxyl groups is 2. The molecule has 3 N–H and O–H groups in total. The highest BCUT2D eigenvalue weighted by molar-refractivity contribution is 6.33. The Bertz CT molecular complexity index is 1060. The van der Waals surface area contributed by atoms with Crippen molar-refractivity contribution in [3.8, 4) is 5.69 Å². The number of rotatable bonds is 6. The van der Waals surface area contributed by atoms with Gasteiger partial charge in [-0.2, -0.15) is 9.78 Å². The lowest BCUT2D eigenvalue weighted by Crippen LogP contribution is -2.45. The Morgan fingerprint density at radius 3 is 2.60 bits per heavy atom. The number of aromatic nitrogens is 3. The second kappa shape index (κ2) is 8.33. The molecule has 10 heteroatoms. The zero-order valence-electron chi connectivity index (χ0n) is 16.9. The molecular formula is C20H25ClN4O5. The number of nitrogens with one attached hydrogen (secondary N) is 1. The van der Waals surface area contributed by atoms with Gasteiger partial charge in [-0.05, 0) is 44.9 Å². The Kier molecular flexibility index (Phi) is 6.16. The van der Waals surface area contributed by atoms with E-state index in [1.54, 1.807) is 0 Å². The van der Waals surface area contributed by atoms with E-state index in [4.69, 9.17) is 11.6 Å². The zero-order valence-corrected chi connectivity index (χ0v) is 17.6. The third kappa shape index (κ3) is 4.97. The predicted molar refractivity (Wildman–Crippen MR) is 111 cm³/mol. The Morgan fingerprint density at radius 1 is 1.30 bits per heavy atom. The normalized spacial score (nSPS) is 15.9. The van der Waals surface area contributed by atoms with Crippen molar-refractivity contribution in [1.29, 1.82) is 0 Å². The van der Waals surface area contributed by atoms with Crippen molar-refractivity contribution in [2.24, 2.45) is 0 Å². The molecule has 0 bridgehead atoms. The van der Waals surface area contributed by atoms with Crippen LogP contribution in [0, 0.1) is 0 Å². The van der Waals surface area contributed by atoms with Crippen LogP contribution in [0.3, 0.4) is 0 Å². The molecule has 0 aliphatic heterocycles. The molecule has 1 heterocycles. The maximum absolute atomic E-state index is 12.8. The first-order valence-electron chi connectivity index (χ1n) is 9.71. The van der Waals surface area contributed by atoms with Crippen molar-refractivity contribution in [2.75, 3.05) is 6.54 Å². The monoisotopic (exact) mass is 436 g/mol. The number of carbonyl (C=O) groups excluding carboxylic acids is 1. The summed E-state index contributed by atoms with van der Waals surface area (Å²) in [5.41, 5.74) is -3.24. The van der Waals surface area contributed by atoms with Crippen molar-refractivity contribution < 1.29 is 15.0 Å². The molecule has 0 atom stereocenters. The standard InChI is InChI=1S/C20H25ClN4O5/c1-19(2,29)12-24-16(26)10-23-25(18(24)28)13-5-6-15(21)14(9-13)17(27)22-11-20(30)7-3-4-8-20/h5-6,9-10,29-30H,3-4,7-8,11-12H2,1-2H3,(H,22,27). The number of amides is 1. The van der Waals surface area contributed by atoms with Gasteiger partial charge in [-0.15, -0.1) is 0 Å². The molecule has 1 aromatic carbocycles. The van der Waals surface area contributed by atoms with Crippen LogP contribution in [0.4, 0.5) is 0 Å². The summed E-state index contributed by atoms with van der Waals surface area (Å²) in [4.78, 5) is 37.4. The molecule has 1 fully saturated rings. The van der Waals surface area contributed by atoms with E-state index in [1.807, 2.05) is 0 Å². The zero-order chi connectivity index (χ0) is 22.1. The van der Waals surface area contributed by atoms with Gasteiger partial charge in [0, 0.05) is 6.54 Å². The van der Waals surface area contributed by atoms with Crippen LogP contribution >= 0.6 is 11.6 Å². The number of benzene rings is 1. The van der Waals surface area contributed by atoms with Gasteiger partial charge in [0.05, 0.1) is 34.0 Å². The third-order valence-corrected chi connectivity index (χ3v) is 5.39. The molecule has 1 amide bonds. The largest absolute Gasteiger partial charge is 0.389 e. The van der Waals surface area contributed by atoms with Crippen LogP contribution in [-0.2, 0) is 6.54 Å². The van der Waals surface area contributed by atoms with E-state index >= 15 is 0 Å². The van der Waals surface area contributed by atoms with Crippen molar-refractivity contribution in [2.45, 2.75) is 57.3 Å². The fraction of sp³-hybridized carbons (Fsp3) is 0.500. The highest BCUT2D eigenvalue weighted by Gasteiger charge is 2.31. The van der Waals surface area contributed by atoms with E-state index in [0.717, 1.165) is 28.3 Å². The lowest BCUT2D eigenvalue weighted by atomic mass is 10.0. The average Bonchev–Trinajstić information content (AvgIpc) is 3.10. The molecule has 162 valence electrons. The topological polar surface area (TPSA) is 126 Å². The van der Waals surface area contributed by atoms with Crippen LogP contribution in [0.25, 0.3) is 5.69 Å². The summed E-state index contributed by atoms with van der Waals surface area (Å²) in [6.45, 7) is 2.85. The third-order valence-electron chi connectivity index (χ3n) is 5.06. The Balaban J connectivity index is 1.91. The molecule has 1 aliphatic rings. The Morgan fingerprint density at radius 2 is 1.97 bits per heavy atom. The van der Waals surface area contributed by atoms with Crippen molar-refractivity contribution in [1.82, 2.24) is 19.7 Å². The van der Waals surface area contributed by atoms with Crippen molar-refractivity contribution >= 4 is 17.5 Å². The van der Waals surface area contributed by atoms with Gasteiger partial charge in [-0.1, -0.05) is 24.4 Å². The summed E-state index contributed by atoms with van der Waals surface area (Å²) in [6, 6.07) is 4.34. The quantitative estimate of drug-likeness (QED) is 0.616. The smallest absolute Gasteiger partial charge is 0.352 e. The lowest BCUT2D eigenvalue weighted by Gasteiger charge is -2.22. The van der Waals surface area contributed by atoms with Crippen molar-refractivity contribution in [3.05, 3.63) is 55.8 Å². The molecule has 3 rings (SSSR count). The predicted octanol–water partition coefficient (Wildman–Crippen LogP) is 0.853. The average molecular weight is 437 g/mol. The van der Waals surface area contributed by atoms with Gasteiger partial charge in [-0.3, -0.25) is 14.2 Å². The maximum Gasteiger partial charge on any atom is 0.352 e. The summed E-state index contributed by atoms with van der Waals surface area (Å²) >= 11 is 6.17. The second-order valence-electron chi connectivity index (χ2n) is 8.35. The van der Waals surface area contributed by atoms with E-state index in [0.29, 0.717) is 12.8 Å². The van der Waals surface area contributed by atoms with Crippen LogP contribution in [0.15, 0.2) is 34.0 Å². The highest BCUT2D eigenvalue weighted by atomic mass is 35.5. The van der Waals surface area contributed by atoms with Crippen LogP contribution in [0.2, 0.25) is 5.02 Å². The van der Waals surface area contributed by atoms with Gasteiger partial charge in [0.1, 0.15) is 6.20 Å². The number of hydrogen-bond acceptors (Lipinski definition) is 6. The fourth-order valence-electron chi connectivity index (χ4n) is 3.51. The minimum Gasteiger partial charge on any atom is -0.389 e. The van der Waals surface area contributed by atoms with E-state index < -0.39 is 28.4 Å². The molecule has 0 unspecified atom stereocenters. The minimum atomic E-state index is -1.28. The van der Waals surface area contributed by atoms with Crippen LogP contribution in [0.1, 0.15) is 49.9 Å². The second-order valence-corrected chi connectivity index (χ2v) is 8.76. The number of nitrogens with zero attached hydrogens (tertiary/aromatic N) is 3. The van der Waals surface area contributed by atoms with Crippen molar-refractivity contribution in [3.63, 3.8) is 0 Å². The first-order chi connectivity index (χ1) is 14.0. The SMILES string of the molecule is CC(C)(O)Cn1c(=O)cnn(-c2ccc(Cl)c(C(=O)NCC3(O)CCCC3)c2)c1=O. The molecule has 0 saturated heterocycles. The molecule has 0 radical (unpaired) electrons. The van der Waals surface area contributed by atoms with Gasteiger partial charge in [0.2, 0.25) is 0 Å². The maximum atomic E-state index is 12.8. The molecular weight excluding hydrogens is 412 g/mol. The van der Waals surface area contributed by atoms with Gasteiger partial charge in [0.15, 0.2) is 0 Å². The fourth-order valence-corrected chi connectivity index (χ4v) is 3.72. The van der Waals surface area contributed by atoms with E-state index in [9.17, 15) is 24.6 Å². The molecule has 1 aliphatic carbocycles. The highest BCUT2D eigenvalue weighted by Crippen LogP contribution is 2.29. The van der Waals surface area contributed by atoms with Crippen LogP contribution < -0.4 is 16.6 Å². The summed E-state index contributed by atoms with van der Waals surface area (Å²) in [5.74, 6) is -0.486. The summed E-state index contributed by atoms with van der Waals surface area (Å²) in [7, 11) is 0. The van der Waals surface area contributed by atoms with Crippen LogP contribution in [0.5, 0.6) is 0 Å². The number of carbonyl (C=O) groups is 1. The first kappa shape index (κ1) is 22.2. The molecule has 9 nitrogen and oxygen atoms in total. The van der Waals surface area contributed by atoms with Crippen LogP contribution in [-0.4, -0.2) is 48.2 Å². The molecule has 2 aromatic rings. The Hall–Kier alpha value is -2.49. The molecule has 0 spiro atoms.